The van der Waals surface area contributed by atoms with Gasteiger partial charge in [0.1, 0.15) is 5.57 Å². The molecular weight excluding hydrogens is 488 g/mol. The number of barbiturate groups is 1. The number of urea groups is 1. The van der Waals surface area contributed by atoms with Crippen LogP contribution in [-0.4, -0.2) is 31.1 Å². The Labute approximate surface area is 193 Å². The van der Waals surface area contributed by atoms with Crippen molar-refractivity contribution < 1.29 is 23.9 Å². The van der Waals surface area contributed by atoms with E-state index in [0.717, 1.165) is 10.5 Å². The quantitative estimate of drug-likeness (QED) is 0.461. The van der Waals surface area contributed by atoms with E-state index in [-0.39, 0.29) is 17.4 Å². The normalized spacial score (nSPS) is 15.5. The molecule has 0 unspecified atom stereocenters. The first-order valence-corrected chi connectivity index (χ1v) is 10.5. The molecular formula is C22H20BrClN2O5. The molecule has 1 heterocycles. The molecule has 0 radical (unpaired) electrons. The van der Waals surface area contributed by atoms with Crippen LogP contribution in [0.15, 0.2) is 40.4 Å². The van der Waals surface area contributed by atoms with Crippen LogP contribution in [0.2, 0.25) is 5.02 Å². The second-order valence-electron chi connectivity index (χ2n) is 7.09. The van der Waals surface area contributed by atoms with Gasteiger partial charge in [-0.2, -0.15) is 0 Å². The number of benzene rings is 2. The van der Waals surface area contributed by atoms with E-state index >= 15 is 0 Å². The second kappa shape index (κ2) is 9.11. The van der Waals surface area contributed by atoms with Gasteiger partial charge in [-0.25, -0.2) is 9.69 Å². The maximum atomic E-state index is 13.1. The lowest BCUT2D eigenvalue weighted by molar-refractivity contribution is -0.122. The van der Waals surface area contributed by atoms with Crippen molar-refractivity contribution in [3.63, 3.8) is 0 Å². The molecule has 4 amide bonds. The number of rotatable bonds is 5. The van der Waals surface area contributed by atoms with Gasteiger partial charge in [0, 0.05) is 5.02 Å². The molecule has 2 aromatic carbocycles. The van der Waals surface area contributed by atoms with Gasteiger partial charge in [0.2, 0.25) is 0 Å². The number of methoxy groups -OCH3 is 1. The number of ether oxygens (including phenoxy) is 2. The standard InChI is InChI=1S/C22H20BrClN2O5/c1-11(2)31-19-16(23)8-13(9-18(19)30-4)7-15-20(27)25-22(29)26(21(15)28)14-6-5-12(3)17(24)10-14/h5-11H,1-4H3,(H,25,27,29)/b15-7+. The molecule has 1 N–H and O–H groups in total. The molecule has 0 spiro atoms. The first kappa shape index (κ1) is 22.8. The summed E-state index contributed by atoms with van der Waals surface area (Å²) in [6.45, 7) is 5.57. The van der Waals surface area contributed by atoms with Gasteiger partial charge in [0.05, 0.1) is 23.4 Å². The molecule has 0 aliphatic carbocycles. The number of imide groups is 2. The Morgan fingerprint density at radius 2 is 1.87 bits per heavy atom. The minimum Gasteiger partial charge on any atom is -0.493 e. The van der Waals surface area contributed by atoms with E-state index in [0.29, 0.717) is 26.6 Å². The Hall–Kier alpha value is -2.84. The summed E-state index contributed by atoms with van der Waals surface area (Å²) in [6, 6.07) is 7.26. The van der Waals surface area contributed by atoms with Gasteiger partial charge in [0.25, 0.3) is 11.8 Å². The van der Waals surface area contributed by atoms with Gasteiger partial charge in [-0.05, 0) is 78.2 Å². The lowest BCUT2D eigenvalue weighted by Gasteiger charge is -2.26. The van der Waals surface area contributed by atoms with Gasteiger partial charge in [-0.3, -0.25) is 14.9 Å². The van der Waals surface area contributed by atoms with E-state index < -0.39 is 17.8 Å². The van der Waals surface area contributed by atoms with Crippen LogP contribution in [0.3, 0.4) is 0 Å². The number of hydrogen-bond acceptors (Lipinski definition) is 5. The lowest BCUT2D eigenvalue weighted by Crippen LogP contribution is -2.54. The SMILES string of the molecule is COc1cc(/C=C2\C(=O)NC(=O)N(c3ccc(C)c(Cl)c3)C2=O)cc(Br)c1OC(C)C. The van der Waals surface area contributed by atoms with Crippen LogP contribution >= 0.6 is 27.5 Å². The molecule has 0 atom stereocenters. The number of hydrogen-bond donors (Lipinski definition) is 1. The highest BCUT2D eigenvalue weighted by molar-refractivity contribution is 9.10. The minimum atomic E-state index is -0.841. The summed E-state index contributed by atoms with van der Waals surface area (Å²) in [5.41, 5.74) is 1.36. The minimum absolute atomic E-state index is 0.0824. The first-order chi connectivity index (χ1) is 14.6. The van der Waals surface area contributed by atoms with E-state index in [9.17, 15) is 14.4 Å². The highest BCUT2D eigenvalue weighted by Crippen LogP contribution is 2.38. The fraction of sp³-hybridized carbons (Fsp3) is 0.227. The molecule has 7 nitrogen and oxygen atoms in total. The van der Waals surface area contributed by atoms with E-state index in [1.54, 1.807) is 31.2 Å². The predicted molar refractivity (Wildman–Crippen MR) is 122 cm³/mol. The van der Waals surface area contributed by atoms with E-state index in [1.807, 2.05) is 13.8 Å². The fourth-order valence-corrected chi connectivity index (χ4v) is 3.68. The molecule has 1 saturated heterocycles. The number of carbonyl (C=O) groups excluding carboxylic acids is 3. The highest BCUT2D eigenvalue weighted by atomic mass is 79.9. The number of halogens is 2. The Kier molecular flexibility index (Phi) is 6.71. The molecule has 9 heteroatoms. The van der Waals surface area contributed by atoms with Gasteiger partial charge >= 0.3 is 6.03 Å². The molecule has 0 saturated carbocycles. The van der Waals surface area contributed by atoms with Crippen LogP contribution in [0.4, 0.5) is 10.5 Å². The molecule has 1 fully saturated rings. The van der Waals surface area contributed by atoms with Gasteiger partial charge in [-0.1, -0.05) is 17.7 Å². The van der Waals surface area contributed by atoms with Crippen LogP contribution < -0.4 is 19.7 Å². The average molecular weight is 508 g/mol. The van der Waals surface area contributed by atoms with Crippen molar-refractivity contribution in [1.29, 1.82) is 0 Å². The molecule has 1 aliphatic rings. The number of carbonyl (C=O) groups is 3. The van der Waals surface area contributed by atoms with E-state index in [2.05, 4.69) is 21.2 Å². The molecule has 1 aliphatic heterocycles. The monoisotopic (exact) mass is 506 g/mol. The molecule has 162 valence electrons. The Morgan fingerprint density at radius 3 is 2.48 bits per heavy atom. The van der Waals surface area contributed by atoms with Crippen molar-refractivity contribution in [2.45, 2.75) is 26.9 Å². The van der Waals surface area contributed by atoms with Crippen LogP contribution in [-0.2, 0) is 9.59 Å². The summed E-state index contributed by atoms with van der Waals surface area (Å²) in [6.07, 6.45) is 1.31. The summed E-state index contributed by atoms with van der Waals surface area (Å²) in [5, 5.41) is 2.59. The van der Waals surface area contributed by atoms with Crippen molar-refractivity contribution in [2.75, 3.05) is 12.0 Å². The van der Waals surface area contributed by atoms with Crippen molar-refractivity contribution in [2.24, 2.45) is 0 Å². The number of nitrogens with zero attached hydrogens (tertiary/aromatic N) is 1. The van der Waals surface area contributed by atoms with E-state index in [4.69, 9.17) is 21.1 Å². The fourth-order valence-electron chi connectivity index (χ4n) is 2.95. The Bertz CT molecular complexity index is 1110. The molecule has 0 aromatic heterocycles. The summed E-state index contributed by atoms with van der Waals surface area (Å²) in [7, 11) is 1.49. The Morgan fingerprint density at radius 1 is 1.16 bits per heavy atom. The third-order valence-corrected chi connectivity index (χ3v) is 5.43. The first-order valence-electron chi connectivity index (χ1n) is 9.34. The van der Waals surface area contributed by atoms with Crippen LogP contribution in [0.25, 0.3) is 6.08 Å². The smallest absolute Gasteiger partial charge is 0.335 e. The van der Waals surface area contributed by atoms with Crippen LogP contribution in [0, 0.1) is 6.92 Å². The van der Waals surface area contributed by atoms with Crippen LogP contribution in [0.5, 0.6) is 11.5 Å². The van der Waals surface area contributed by atoms with Crippen molar-refractivity contribution in [1.82, 2.24) is 5.32 Å². The summed E-state index contributed by atoms with van der Waals surface area (Å²) in [5.74, 6) is -0.615. The molecule has 0 bridgehead atoms. The zero-order chi connectivity index (χ0) is 22.9. The third-order valence-electron chi connectivity index (χ3n) is 4.43. The maximum absolute atomic E-state index is 13.1. The average Bonchev–Trinajstić information content (AvgIpc) is 2.69. The largest absolute Gasteiger partial charge is 0.493 e. The van der Waals surface area contributed by atoms with Gasteiger partial charge < -0.3 is 9.47 Å². The zero-order valence-corrected chi connectivity index (χ0v) is 19.6. The Balaban J connectivity index is 2.03. The van der Waals surface area contributed by atoms with Crippen molar-refractivity contribution in [3.05, 3.63) is 56.5 Å². The van der Waals surface area contributed by atoms with Crippen molar-refractivity contribution in [3.8, 4) is 11.5 Å². The predicted octanol–water partition coefficient (Wildman–Crippen LogP) is 4.87. The number of aryl methyl sites for hydroxylation is 1. The molecule has 3 rings (SSSR count). The van der Waals surface area contributed by atoms with Crippen molar-refractivity contribution >= 4 is 57.1 Å². The number of amides is 4. The summed E-state index contributed by atoms with van der Waals surface area (Å²) >= 11 is 9.58. The molecule has 31 heavy (non-hydrogen) atoms. The van der Waals surface area contributed by atoms with Crippen LogP contribution in [0.1, 0.15) is 25.0 Å². The summed E-state index contributed by atoms with van der Waals surface area (Å²) < 4.78 is 11.7. The highest BCUT2D eigenvalue weighted by Gasteiger charge is 2.37. The second-order valence-corrected chi connectivity index (χ2v) is 8.35. The maximum Gasteiger partial charge on any atom is 0.335 e. The molecule has 2 aromatic rings. The summed E-state index contributed by atoms with van der Waals surface area (Å²) in [4.78, 5) is 38.7. The van der Waals surface area contributed by atoms with Gasteiger partial charge in [0.15, 0.2) is 11.5 Å². The van der Waals surface area contributed by atoms with E-state index in [1.165, 1.54) is 19.3 Å². The number of nitrogens with one attached hydrogen (secondary N) is 1. The zero-order valence-electron chi connectivity index (χ0n) is 17.3. The third kappa shape index (κ3) is 4.75. The number of anilines is 1. The lowest BCUT2D eigenvalue weighted by atomic mass is 10.1. The topological polar surface area (TPSA) is 84.9 Å². The van der Waals surface area contributed by atoms with Gasteiger partial charge in [-0.15, -0.1) is 0 Å².